The van der Waals surface area contributed by atoms with E-state index in [4.69, 9.17) is 10.6 Å². The molecule has 1 amide bonds. The van der Waals surface area contributed by atoms with Crippen LogP contribution in [-0.2, 0) is 4.74 Å². The van der Waals surface area contributed by atoms with Gasteiger partial charge < -0.3 is 15.5 Å². The number of nitrogen functional groups attached to an aromatic ring is 1. The molecule has 1 heterocycles. The fourth-order valence-electron chi connectivity index (χ4n) is 1.67. The maximum atomic E-state index is 11.7. The van der Waals surface area contributed by atoms with Crippen LogP contribution in [-0.4, -0.2) is 35.4 Å². The Kier molecular flexibility index (Phi) is 3.50. The molecule has 7 nitrogen and oxygen atoms in total. The summed E-state index contributed by atoms with van der Waals surface area (Å²) in [5, 5.41) is 10.4. The van der Waals surface area contributed by atoms with E-state index in [1.54, 1.807) is 19.2 Å². The van der Waals surface area contributed by atoms with Gasteiger partial charge in [0.25, 0.3) is 5.91 Å². The summed E-state index contributed by atoms with van der Waals surface area (Å²) in [6.45, 7) is 0. The number of hydrogen-bond acceptors (Lipinski definition) is 6. The van der Waals surface area contributed by atoms with Crippen molar-refractivity contribution < 1.29 is 9.53 Å². The molecule has 0 unspecified atom stereocenters. The van der Waals surface area contributed by atoms with Crippen LogP contribution in [0, 0.1) is 0 Å². The van der Waals surface area contributed by atoms with E-state index in [1.165, 1.54) is 0 Å². The number of nitrogens with zero attached hydrogens (tertiary/aromatic N) is 2. The van der Waals surface area contributed by atoms with Crippen LogP contribution in [0.3, 0.4) is 0 Å². The molecular weight excluding hydrogens is 222 g/mol. The van der Waals surface area contributed by atoms with E-state index in [9.17, 15) is 4.79 Å². The summed E-state index contributed by atoms with van der Waals surface area (Å²) in [6, 6.07) is 3.34. The van der Waals surface area contributed by atoms with Crippen LogP contribution in [0.1, 0.15) is 23.3 Å². The lowest BCUT2D eigenvalue weighted by Gasteiger charge is -2.34. The number of nitrogens with one attached hydrogen (secondary N) is 2. The molecule has 2 rings (SSSR count). The van der Waals surface area contributed by atoms with Gasteiger partial charge in [-0.15, -0.1) is 10.2 Å². The van der Waals surface area contributed by atoms with Gasteiger partial charge in [0, 0.05) is 13.2 Å². The molecule has 1 saturated carbocycles. The predicted octanol–water partition coefficient (Wildman–Crippen LogP) is -0.331. The van der Waals surface area contributed by atoms with Gasteiger partial charge in [0.1, 0.15) is 0 Å². The lowest BCUT2D eigenvalue weighted by atomic mass is 9.89. The Morgan fingerprint density at radius 3 is 2.76 bits per heavy atom. The Balaban J connectivity index is 1.87. The predicted molar refractivity (Wildman–Crippen MR) is 61.1 cm³/mol. The van der Waals surface area contributed by atoms with E-state index in [-0.39, 0.29) is 23.7 Å². The molecule has 7 heteroatoms. The van der Waals surface area contributed by atoms with Gasteiger partial charge in [0.05, 0.1) is 6.10 Å². The quantitative estimate of drug-likeness (QED) is 0.489. The average molecular weight is 237 g/mol. The minimum atomic E-state index is -0.222. The van der Waals surface area contributed by atoms with Gasteiger partial charge in [0.15, 0.2) is 11.5 Å². The Labute approximate surface area is 98.7 Å². The third-order valence-electron chi connectivity index (χ3n) is 2.81. The third kappa shape index (κ3) is 2.69. The maximum absolute atomic E-state index is 11.7. The second-order valence-electron chi connectivity index (χ2n) is 3.95. The fraction of sp³-hybridized carbons (Fsp3) is 0.500. The second-order valence-corrected chi connectivity index (χ2v) is 3.95. The number of hydrogen-bond donors (Lipinski definition) is 3. The largest absolute Gasteiger partial charge is 0.381 e. The molecule has 1 aromatic heterocycles. The number of anilines is 1. The van der Waals surface area contributed by atoms with Crippen LogP contribution in [0.5, 0.6) is 0 Å². The van der Waals surface area contributed by atoms with Gasteiger partial charge in [-0.05, 0) is 25.0 Å². The number of amides is 1. The number of aromatic nitrogens is 2. The minimum absolute atomic E-state index is 0.168. The van der Waals surface area contributed by atoms with Gasteiger partial charge in [-0.3, -0.25) is 4.79 Å². The molecular formula is C10H15N5O2. The first-order valence-corrected chi connectivity index (χ1v) is 5.37. The zero-order valence-electron chi connectivity index (χ0n) is 9.51. The van der Waals surface area contributed by atoms with E-state index in [0.717, 1.165) is 12.8 Å². The lowest BCUT2D eigenvalue weighted by molar-refractivity contribution is 0.0175. The number of ether oxygens (including phenoxy) is 1. The summed E-state index contributed by atoms with van der Waals surface area (Å²) >= 11 is 0. The standard InChI is InChI=1S/C10H15N5O2/c1-17-7-4-6(5-7)12-10(16)8-2-3-9(13-11)15-14-8/h2-3,6-7H,4-5,11H2,1H3,(H,12,16)(H,13,15). The second kappa shape index (κ2) is 5.07. The molecule has 0 bridgehead atoms. The average Bonchev–Trinajstić information content (AvgIpc) is 2.33. The maximum Gasteiger partial charge on any atom is 0.272 e. The van der Waals surface area contributed by atoms with Crippen LogP contribution in [0.15, 0.2) is 12.1 Å². The van der Waals surface area contributed by atoms with E-state index in [1.807, 2.05) is 0 Å². The number of nitrogens with two attached hydrogens (primary N) is 1. The van der Waals surface area contributed by atoms with Crippen LogP contribution < -0.4 is 16.6 Å². The van der Waals surface area contributed by atoms with Crippen molar-refractivity contribution in [2.24, 2.45) is 5.84 Å². The fourth-order valence-corrected chi connectivity index (χ4v) is 1.67. The van der Waals surface area contributed by atoms with Crippen molar-refractivity contribution in [1.82, 2.24) is 15.5 Å². The number of carbonyl (C=O) groups excluding carboxylic acids is 1. The van der Waals surface area contributed by atoms with Crippen LogP contribution in [0.4, 0.5) is 5.82 Å². The molecule has 4 N–H and O–H groups in total. The van der Waals surface area contributed by atoms with Gasteiger partial charge in [0.2, 0.25) is 0 Å². The molecule has 0 radical (unpaired) electrons. The normalized spacial score (nSPS) is 22.7. The van der Waals surface area contributed by atoms with Crippen LogP contribution >= 0.6 is 0 Å². The molecule has 0 atom stereocenters. The van der Waals surface area contributed by atoms with Gasteiger partial charge in [-0.2, -0.15) is 0 Å². The Hall–Kier alpha value is -1.73. The van der Waals surface area contributed by atoms with Crippen molar-refractivity contribution in [3.63, 3.8) is 0 Å². The van der Waals surface area contributed by atoms with E-state index in [2.05, 4.69) is 20.9 Å². The minimum Gasteiger partial charge on any atom is -0.381 e. The molecule has 1 aromatic rings. The highest BCUT2D eigenvalue weighted by Crippen LogP contribution is 2.22. The van der Waals surface area contributed by atoms with Crippen molar-refractivity contribution in [3.05, 3.63) is 17.8 Å². The smallest absolute Gasteiger partial charge is 0.272 e. The van der Waals surface area contributed by atoms with Crippen molar-refractivity contribution in [1.29, 1.82) is 0 Å². The zero-order valence-corrected chi connectivity index (χ0v) is 9.51. The molecule has 17 heavy (non-hydrogen) atoms. The number of hydrazine groups is 1. The Morgan fingerprint density at radius 2 is 2.24 bits per heavy atom. The summed E-state index contributed by atoms with van der Waals surface area (Å²) in [7, 11) is 1.67. The Bertz CT molecular complexity index is 388. The summed E-state index contributed by atoms with van der Waals surface area (Å²) in [6.07, 6.45) is 1.95. The highest BCUT2D eigenvalue weighted by molar-refractivity contribution is 5.92. The van der Waals surface area contributed by atoms with Gasteiger partial charge in [-0.25, -0.2) is 5.84 Å². The van der Waals surface area contributed by atoms with Crippen LogP contribution in [0.25, 0.3) is 0 Å². The monoisotopic (exact) mass is 237 g/mol. The van der Waals surface area contributed by atoms with Crippen molar-refractivity contribution >= 4 is 11.7 Å². The highest BCUT2D eigenvalue weighted by atomic mass is 16.5. The van der Waals surface area contributed by atoms with Gasteiger partial charge in [-0.1, -0.05) is 0 Å². The van der Waals surface area contributed by atoms with Gasteiger partial charge >= 0.3 is 0 Å². The van der Waals surface area contributed by atoms with Crippen molar-refractivity contribution in [3.8, 4) is 0 Å². The summed E-state index contributed by atoms with van der Waals surface area (Å²) < 4.78 is 5.13. The molecule has 92 valence electrons. The lowest BCUT2D eigenvalue weighted by Crippen LogP contribution is -2.47. The van der Waals surface area contributed by atoms with Crippen molar-refractivity contribution in [2.45, 2.75) is 25.0 Å². The molecule has 0 spiro atoms. The van der Waals surface area contributed by atoms with Crippen molar-refractivity contribution in [2.75, 3.05) is 12.5 Å². The first-order chi connectivity index (χ1) is 8.22. The Morgan fingerprint density at radius 1 is 1.47 bits per heavy atom. The first-order valence-electron chi connectivity index (χ1n) is 5.37. The van der Waals surface area contributed by atoms with E-state index >= 15 is 0 Å². The molecule has 1 fully saturated rings. The SMILES string of the molecule is COC1CC(NC(=O)c2ccc(NN)nn2)C1. The summed E-state index contributed by atoms with van der Waals surface area (Å²) in [4.78, 5) is 11.7. The van der Waals surface area contributed by atoms with Crippen LogP contribution in [0.2, 0.25) is 0 Å². The van der Waals surface area contributed by atoms with E-state index in [0.29, 0.717) is 5.82 Å². The summed E-state index contributed by atoms with van der Waals surface area (Å²) in [5.41, 5.74) is 2.63. The topological polar surface area (TPSA) is 102 Å². The zero-order chi connectivity index (χ0) is 12.3. The number of carbonyl (C=O) groups is 1. The first kappa shape index (κ1) is 11.7. The molecule has 1 aliphatic rings. The summed E-state index contributed by atoms with van der Waals surface area (Å²) in [5.74, 6) is 5.35. The number of rotatable bonds is 4. The third-order valence-corrected chi connectivity index (χ3v) is 2.81. The van der Waals surface area contributed by atoms with E-state index < -0.39 is 0 Å². The molecule has 0 aliphatic heterocycles. The molecule has 0 aromatic carbocycles. The highest BCUT2D eigenvalue weighted by Gasteiger charge is 2.30. The molecule has 0 saturated heterocycles. The molecule has 1 aliphatic carbocycles. The number of methoxy groups -OCH3 is 1.